The average Bonchev–Trinajstić information content (AvgIpc) is 3.04. The molecule has 0 amide bonds. The molecule has 0 heterocycles. The van der Waals surface area contributed by atoms with E-state index >= 15 is 0 Å². The van der Waals surface area contributed by atoms with Gasteiger partial charge in [-0.1, -0.05) is 71.2 Å². The number of hydrogen-bond donors (Lipinski definition) is 1. The summed E-state index contributed by atoms with van der Waals surface area (Å²) in [6.07, 6.45) is 19.1. The zero-order valence-electron chi connectivity index (χ0n) is 19.5. The van der Waals surface area contributed by atoms with Crippen molar-refractivity contribution >= 4 is 5.71 Å². The second-order valence-electron chi connectivity index (χ2n) is 11.8. The predicted octanol–water partition coefficient (Wildman–Crippen LogP) is 7.63. The largest absolute Gasteiger partial charge is 0.411 e. The molecule has 4 rings (SSSR count). The van der Waals surface area contributed by atoms with Gasteiger partial charge in [0.25, 0.3) is 0 Å². The molecular weight excluding hydrogens is 354 g/mol. The number of nitrogens with zero attached hydrogens (tertiary/aromatic N) is 1. The molecule has 2 saturated carbocycles. The van der Waals surface area contributed by atoms with Crippen LogP contribution in [-0.2, 0) is 0 Å². The molecule has 0 radical (unpaired) electrons. The fraction of sp³-hybridized carbons (Fsp3) is 0.815. The first kappa shape index (κ1) is 21.2. The van der Waals surface area contributed by atoms with Crippen LogP contribution in [-0.4, -0.2) is 10.9 Å². The molecule has 2 fully saturated rings. The van der Waals surface area contributed by atoms with E-state index in [1.165, 1.54) is 50.5 Å². The Labute approximate surface area is 178 Å². The Morgan fingerprint density at radius 2 is 1.86 bits per heavy atom. The van der Waals surface area contributed by atoms with Crippen LogP contribution >= 0.6 is 0 Å². The van der Waals surface area contributed by atoms with Crippen molar-refractivity contribution in [3.63, 3.8) is 0 Å². The lowest BCUT2D eigenvalue weighted by molar-refractivity contribution is -0.0247. The van der Waals surface area contributed by atoms with Crippen LogP contribution in [0, 0.1) is 46.3 Å². The summed E-state index contributed by atoms with van der Waals surface area (Å²) in [4.78, 5) is 0. The maximum Gasteiger partial charge on any atom is 0.0799 e. The van der Waals surface area contributed by atoms with Crippen molar-refractivity contribution in [3.05, 3.63) is 23.8 Å². The van der Waals surface area contributed by atoms with Gasteiger partial charge in [0.2, 0.25) is 0 Å². The monoisotopic (exact) mass is 397 g/mol. The van der Waals surface area contributed by atoms with Gasteiger partial charge in [0.15, 0.2) is 0 Å². The van der Waals surface area contributed by atoms with E-state index in [0.717, 1.165) is 54.1 Å². The third-order valence-electron chi connectivity index (χ3n) is 9.86. The smallest absolute Gasteiger partial charge is 0.0799 e. The van der Waals surface area contributed by atoms with Gasteiger partial charge in [-0.25, -0.2) is 0 Å². The first-order chi connectivity index (χ1) is 13.8. The molecule has 0 aliphatic heterocycles. The molecular formula is C27H43NO. The minimum absolute atomic E-state index is 0.274. The van der Waals surface area contributed by atoms with Crippen LogP contribution in [0.2, 0.25) is 0 Å². The molecule has 0 bridgehead atoms. The van der Waals surface area contributed by atoms with E-state index in [-0.39, 0.29) is 5.41 Å². The van der Waals surface area contributed by atoms with Gasteiger partial charge in [-0.05, 0) is 96.5 Å². The molecule has 0 saturated heterocycles. The maximum atomic E-state index is 9.25. The molecule has 4 aliphatic rings. The van der Waals surface area contributed by atoms with E-state index in [1.54, 1.807) is 0 Å². The summed E-state index contributed by atoms with van der Waals surface area (Å²) < 4.78 is 0. The summed E-state index contributed by atoms with van der Waals surface area (Å²) in [7, 11) is 0. The van der Waals surface area contributed by atoms with Gasteiger partial charge in [0.1, 0.15) is 0 Å². The lowest BCUT2D eigenvalue weighted by Crippen LogP contribution is -2.49. The van der Waals surface area contributed by atoms with Crippen LogP contribution < -0.4 is 0 Å². The zero-order chi connectivity index (χ0) is 20.8. The van der Waals surface area contributed by atoms with Gasteiger partial charge in [-0.15, -0.1) is 0 Å². The van der Waals surface area contributed by atoms with Gasteiger partial charge in [0, 0.05) is 0 Å². The van der Waals surface area contributed by atoms with Crippen molar-refractivity contribution in [2.75, 3.05) is 0 Å². The number of allylic oxidation sites excluding steroid dienone is 4. The topological polar surface area (TPSA) is 32.6 Å². The lowest BCUT2D eigenvalue weighted by Gasteiger charge is -2.56. The van der Waals surface area contributed by atoms with Crippen molar-refractivity contribution in [3.8, 4) is 0 Å². The molecule has 162 valence electrons. The number of fused-ring (bicyclic) bond motifs is 5. The van der Waals surface area contributed by atoms with Gasteiger partial charge >= 0.3 is 0 Å². The maximum absolute atomic E-state index is 9.25. The van der Waals surface area contributed by atoms with E-state index < -0.39 is 0 Å². The van der Waals surface area contributed by atoms with Gasteiger partial charge in [-0.3, -0.25) is 0 Å². The van der Waals surface area contributed by atoms with Gasteiger partial charge in [-0.2, -0.15) is 0 Å². The summed E-state index contributed by atoms with van der Waals surface area (Å²) in [5, 5.41) is 12.8. The highest BCUT2D eigenvalue weighted by Gasteiger charge is 2.58. The fourth-order valence-electron chi connectivity index (χ4n) is 8.11. The van der Waals surface area contributed by atoms with Crippen molar-refractivity contribution in [2.45, 2.75) is 92.4 Å². The summed E-state index contributed by atoms with van der Waals surface area (Å²) in [6.45, 7) is 12.4. The Balaban J connectivity index is 1.53. The zero-order valence-corrected chi connectivity index (χ0v) is 19.5. The molecule has 0 aromatic heterocycles. The Bertz CT molecular complexity index is 703. The molecule has 2 nitrogen and oxygen atoms in total. The lowest BCUT2D eigenvalue weighted by atomic mass is 9.48. The number of rotatable bonds is 5. The van der Waals surface area contributed by atoms with Crippen LogP contribution in [0.25, 0.3) is 0 Å². The van der Waals surface area contributed by atoms with Crippen LogP contribution in [0.5, 0.6) is 0 Å². The van der Waals surface area contributed by atoms with Crippen LogP contribution in [0.4, 0.5) is 0 Å². The molecule has 4 aliphatic carbocycles. The molecule has 0 aromatic carbocycles. The van der Waals surface area contributed by atoms with Crippen LogP contribution in [0.3, 0.4) is 0 Å². The fourth-order valence-corrected chi connectivity index (χ4v) is 8.11. The summed E-state index contributed by atoms with van der Waals surface area (Å²) in [5.41, 5.74) is 3.08. The Morgan fingerprint density at radius 1 is 1.07 bits per heavy atom. The highest BCUT2D eigenvalue weighted by Crippen LogP contribution is 2.66. The van der Waals surface area contributed by atoms with E-state index in [0.29, 0.717) is 5.41 Å². The third kappa shape index (κ3) is 3.53. The average molecular weight is 398 g/mol. The quantitative estimate of drug-likeness (QED) is 0.375. The number of oxime groups is 1. The van der Waals surface area contributed by atoms with Crippen LogP contribution in [0.15, 0.2) is 29.0 Å². The first-order valence-electron chi connectivity index (χ1n) is 12.4. The van der Waals surface area contributed by atoms with Crippen molar-refractivity contribution in [1.82, 2.24) is 0 Å². The minimum Gasteiger partial charge on any atom is -0.411 e. The highest BCUT2D eigenvalue weighted by molar-refractivity contribution is 5.96. The second-order valence-corrected chi connectivity index (χ2v) is 11.8. The normalized spacial score (nSPS) is 43.7. The van der Waals surface area contributed by atoms with Crippen molar-refractivity contribution < 1.29 is 5.21 Å². The van der Waals surface area contributed by atoms with Crippen molar-refractivity contribution in [1.29, 1.82) is 0 Å². The Kier molecular flexibility index (Phi) is 5.77. The SMILES string of the molecule is CC(C)CCC[C@@H](C)[C@H]1CC[C@H]2[C@@H]3C=CC4=C/C(=N\O)CC[C@]4(C)[C@H]3CC[C@]12C. The van der Waals surface area contributed by atoms with Crippen LogP contribution in [0.1, 0.15) is 92.4 Å². The molecule has 2 heteroatoms. The second kappa shape index (κ2) is 7.89. The summed E-state index contributed by atoms with van der Waals surface area (Å²) in [5.74, 6) is 5.01. The minimum atomic E-state index is 0.274. The standard InChI is InChI=1S/C27H43NO/c1-18(2)7-6-8-19(3)23-11-12-24-22-10-9-20-17-21(28-29)13-15-26(20,4)25(22)14-16-27(23,24)5/h9-10,17-19,22-25,29H,6-8,11-16H2,1-5H3/b28-21-/t19-,22+,23-,24+,25+,26+,27-/m1/s1. The Hall–Kier alpha value is -1.05. The van der Waals surface area contributed by atoms with Crippen molar-refractivity contribution in [2.24, 2.45) is 51.5 Å². The van der Waals surface area contributed by atoms with E-state index in [4.69, 9.17) is 0 Å². The van der Waals surface area contributed by atoms with Gasteiger partial charge in [0.05, 0.1) is 5.71 Å². The molecule has 0 aromatic rings. The molecule has 7 atom stereocenters. The highest BCUT2D eigenvalue weighted by atomic mass is 16.4. The van der Waals surface area contributed by atoms with Gasteiger partial charge < -0.3 is 5.21 Å². The predicted molar refractivity (Wildman–Crippen MR) is 122 cm³/mol. The number of hydrogen-bond acceptors (Lipinski definition) is 2. The van der Waals surface area contributed by atoms with E-state index in [2.05, 4.69) is 58.0 Å². The van der Waals surface area contributed by atoms with E-state index in [1.807, 2.05) is 0 Å². The third-order valence-corrected chi connectivity index (χ3v) is 9.86. The summed E-state index contributed by atoms with van der Waals surface area (Å²) in [6, 6.07) is 0. The summed E-state index contributed by atoms with van der Waals surface area (Å²) >= 11 is 0. The van der Waals surface area contributed by atoms with E-state index in [9.17, 15) is 5.21 Å². The molecule has 0 unspecified atom stereocenters. The first-order valence-corrected chi connectivity index (χ1v) is 12.4. The Morgan fingerprint density at radius 3 is 2.59 bits per heavy atom. The molecule has 0 spiro atoms. The molecule has 29 heavy (non-hydrogen) atoms. The molecule has 1 N–H and O–H groups in total.